The van der Waals surface area contributed by atoms with E-state index in [2.05, 4.69) is 0 Å². The molecule has 0 unspecified atom stereocenters. The van der Waals surface area contributed by atoms with E-state index in [4.69, 9.17) is 27.2 Å². The van der Waals surface area contributed by atoms with E-state index in [0.717, 1.165) is 0 Å². The summed E-state index contributed by atoms with van der Waals surface area (Å²) in [6, 6.07) is 6.14. The molecule has 0 amide bonds. The molecule has 3 N–H and O–H groups in total. The number of carbonyl (C=O) groups is 2. The molecule has 0 fully saturated rings. The van der Waals surface area contributed by atoms with Gasteiger partial charge in [-0.1, -0.05) is 23.7 Å². The fourth-order valence-electron chi connectivity index (χ4n) is 1.65. The molecule has 1 aromatic rings. The fraction of sp³-hybridized carbons (Fsp3) is 0.429. The Bertz CT molecular complexity index is 507. The molecule has 0 aliphatic heterocycles. The summed E-state index contributed by atoms with van der Waals surface area (Å²) in [7, 11) is 0. The number of halogens is 1. The number of aliphatic carboxylic acids is 1. The second-order valence-electron chi connectivity index (χ2n) is 5.55. The lowest BCUT2D eigenvalue weighted by Gasteiger charge is -2.30. The van der Waals surface area contributed by atoms with Crippen LogP contribution in [0.2, 0.25) is 5.02 Å². The van der Waals surface area contributed by atoms with Crippen LogP contribution in [0.25, 0.3) is 0 Å². The van der Waals surface area contributed by atoms with Crippen LogP contribution in [-0.4, -0.2) is 22.6 Å². The lowest BCUT2D eigenvalue weighted by Crippen LogP contribution is -2.49. The summed E-state index contributed by atoms with van der Waals surface area (Å²) in [6.07, 6.45) is -0.566. The van der Waals surface area contributed by atoms with Gasteiger partial charge in [0.2, 0.25) is 0 Å². The number of carboxylic acid groups (broad SMARTS) is 1. The van der Waals surface area contributed by atoms with Gasteiger partial charge in [-0.25, -0.2) is 4.79 Å². The van der Waals surface area contributed by atoms with Crippen LogP contribution < -0.4 is 5.73 Å². The van der Waals surface area contributed by atoms with Crippen LogP contribution >= 0.6 is 11.6 Å². The van der Waals surface area contributed by atoms with Gasteiger partial charge in [-0.3, -0.25) is 4.79 Å². The molecule has 0 aliphatic rings. The molecule has 0 bridgehead atoms. The van der Waals surface area contributed by atoms with Gasteiger partial charge in [0.05, 0.1) is 6.42 Å². The van der Waals surface area contributed by atoms with Crippen molar-refractivity contribution in [2.45, 2.75) is 38.3 Å². The molecule has 20 heavy (non-hydrogen) atoms. The Labute approximate surface area is 122 Å². The highest BCUT2D eigenvalue weighted by molar-refractivity contribution is 6.30. The molecule has 0 saturated carbocycles. The van der Waals surface area contributed by atoms with Gasteiger partial charge in [-0.2, -0.15) is 0 Å². The monoisotopic (exact) mass is 299 g/mol. The van der Waals surface area contributed by atoms with E-state index in [1.807, 2.05) is 0 Å². The molecule has 6 heteroatoms. The molecule has 0 radical (unpaired) electrons. The molecule has 0 saturated heterocycles. The third-order valence-electron chi connectivity index (χ3n) is 2.55. The zero-order valence-electron chi connectivity index (χ0n) is 11.6. The van der Waals surface area contributed by atoms with Crippen molar-refractivity contribution in [3.63, 3.8) is 0 Å². The predicted octanol–water partition coefficient (Wildman–Crippen LogP) is 2.31. The van der Waals surface area contributed by atoms with Gasteiger partial charge < -0.3 is 15.6 Å². The zero-order valence-corrected chi connectivity index (χ0v) is 12.4. The lowest BCUT2D eigenvalue weighted by atomic mass is 9.87. The van der Waals surface area contributed by atoms with Crippen molar-refractivity contribution in [1.82, 2.24) is 0 Å². The SMILES string of the molecule is CC(C)(C)OC(=O)[C@@](N)(CC(=O)O)c1ccc(Cl)cc1. The zero-order chi connectivity index (χ0) is 15.6. The van der Waals surface area contributed by atoms with E-state index < -0.39 is 29.5 Å². The van der Waals surface area contributed by atoms with Crippen molar-refractivity contribution >= 4 is 23.5 Å². The van der Waals surface area contributed by atoms with Gasteiger partial charge in [0.15, 0.2) is 5.54 Å². The molecule has 110 valence electrons. The third kappa shape index (κ3) is 4.21. The van der Waals surface area contributed by atoms with Gasteiger partial charge in [0.25, 0.3) is 0 Å². The lowest BCUT2D eigenvalue weighted by molar-refractivity contribution is -0.165. The summed E-state index contributed by atoms with van der Waals surface area (Å²) in [6.45, 7) is 5.07. The minimum Gasteiger partial charge on any atom is -0.481 e. The van der Waals surface area contributed by atoms with Crippen molar-refractivity contribution < 1.29 is 19.4 Å². The van der Waals surface area contributed by atoms with Crippen LogP contribution in [0.3, 0.4) is 0 Å². The van der Waals surface area contributed by atoms with Crippen LogP contribution in [0, 0.1) is 0 Å². The molecule has 1 aromatic carbocycles. The Balaban J connectivity index is 3.18. The second-order valence-corrected chi connectivity index (χ2v) is 5.99. The Kier molecular flexibility index (Phi) is 4.78. The average molecular weight is 300 g/mol. The molecule has 0 aliphatic carbocycles. The summed E-state index contributed by atoms with van der Waals surface area (Å²) >= 11 is 5.78. The molecular weight excluding hydrogens is 282 g/mol. The smallest absolute Gasteiger partial charge is 0.331 e. The number of nitrogens with two attached hydrogens (primary N) is 1. The van der Waals surface area contributed by atoms with Crippen LogP contribution in [0.15, 0.2) is 24.3 Å². The highest BCUT2D eigenvalue weighted by atomic mass is 35.5. The van der Waals surface area contributed by atoms with Crippen LogP contribution in [0.1, 0.15) is 32.8 Å². The summed E-state index contributed by atoms with van der Waals surface area (Å²) < 4.78 is 5.23. The van der Waals surface area contributed by atoms with E-state index in [-0.39, 0.29) is 0 Å². The van der Waals surface area contributed by atoms with E-state index in [1.165, 1.54) is 12.1 Å². The first-order valence-corrected chi connectivity index (χ1v) is 6.42. The number of carbonyl (C=O) groups excluding carboxylic acids is 1. The van der Waals surface area contributed by atoms with Gasteiger partial charge in [0.1, 0.15) is 5.60 Å². The molecule has 1 rings (SSSR count). The Morgan fingerprint density at radius 3 is 2.15 bits per heavy atom. The molecule has 0 heterocycles. The Morgan fingerprint density at radius 2 is 1.75 bits per heavy atom. The minimum atomic E-state index is -1.75. The van der Waals surface area contributed by atoms with Crippen LogP contribution in [0.5, 0.6) is 0 Å². The third-order valence-corrected chi connectivity index (χ3v) is 2.80. The van der Waals surface area contributed by atoms with Crippen LogP contribution in [0.4, 0.5) is 0 Å². The number of benzene rings is 1. The van der Waals surface area contributed by atoms with E-state index in [1.54, 1.807) is 32.9 Å². The van der Waals surface area contributed by atoms with Crippen molar-refractivity contribution in [1.29, 1.82) is 0 Å². The second kappa shape index (κ2) is 5.81. The Hall–Kier alpha value is -1.59. The van der Waals surface area contributed by atoms with Gasteiger partial charge in [-0.15, -0.1) is 0 Å². The van der Waals surface area contributed by atoms with Crippen molar-refractivity contribution in [2.24, 2.45) is 5.73 Å². The fourth-order valence-corrected chi connectivity index (χ4v) is 1.77. The van der Waals surface area contributed by atoms with Crippen molar-refractivity contribution in [2.75, 3.05) is 0 Å². The largest absolute Gasteiger partial charge is 0.481 e. The maximum Gasteiger partial charge on any atom is 0.331 e. The first-order chi connectivity index (χ1) is 9.04. The summed E-state index contributed by atoms with van der Waals surface area (Å²) in [5.74, 6) is -1.97. The number of esters is 1. The maximum absolute atomic E-state index is 12.3. The number of carboxylic acids is 1. The van der Waals surface area contributed by atoms with Gasteiger partial charge in [0, 0.05) is 5.02 Å². The number of hydrogen-bond acceptors (Lipinski definition) is 4. The minimum absolute atomic E-state index is 0.346. The number of ether oxygens (including phenoxy) is 1. The molecule has 0 aromatic heterocycles. The topological polar surface area (TPSA) is 89.6 Å². The normalized spacial score (nSPS) is 14.4. The standard InChI is InChI=1S/C14H18ClNO4/c1-13(2,3)20-12(19)14(16,8-11(17)18)9-4-6-10(15)7-5-9/h4-7H,8,16H2,1-3H3,(H,17,18)/t14-/m1/s1. The number of hydrogen-bond donors (Lipinski definition) is 2. The summed E-state index contributed by atoms with van der Waals surface area (Å²) in [5, 5.41) is 9.47. The van der Waals surface area contributed by atoms with Crippen molar-refractivity contribution in [3.8, 4) is 0 Å². The summed E-state index contributed by atoms with van der Waals surface area (Å²) in [4.78, 5) is 23.3. The van der Waals surface area contributed by atoms with Crippen LogP contribution in [-0.2, 0) is 19.9 Å². The molecular formula is C14H18ClNO4. The van der Waals surface area contributed by atoms with E-state index in [0.29, 0.717) is 10.6 Å². The first kappa shape index (κ1) is 16.5. The quantitative estimate of drug-likeness (QED) is 0.833. The molecule has 1 atom stereocenters. The first-order valence-electron chi connectivity index (χ1n) is 6.05. The maximum atomic E-state index is 12.3. The van der Waals surface area contributed by atoms with Gasteiger partial charge in [-0.05, 0) is 38.5 Å². The average Bonchev–Trinajstić information content (AvgIpc) is 2.26. The Morgan fingerprint density at radius 1 is 1.25 bits per heavy atom. The highest BCUT2D eigenvalue weighted by Crippen LogP contribution is 2.27. The predicted molar refractivity (Wildman–Crippen MR) is 75.4 cm³/mol. The van der Waals surface area contributed by atoms with Gasteiger partial charge >= 0.3 is 11.9 Å². The summed E-state index contributed by atoms with van der Waals surface area (Å²) in [5.41, 5.74) is 3.86. The highest BCUT2D eigenvalue weighted by Gasteiger charge is 2.41. The number of rotatable bonds is 4. The van der Waals surface area contributed by atoms with E-state index >= 15 is 0 Å². The van der Waals surface area contributed by atoms with E-state index in [9.17, 15) is 9.59 Å². The van der Waals surface area contributed by atoms with Crippen molar-refractivity contribution in [3.05, 3.63) is 34.9 Å². The molecule has 0 spiro atoms. The molecule has 5 nitrogen and oxygen atoms in total.